The fourth-order valence-electron chi connectivity index (χ4n) is 2.44. The molecule has 0 saturated heterocycles. The molecule has 0 radical (unpaired) electrons. The quantitative estimate of drug-likeness (QED) is 0.883. The standard InChI is InChI=1S/C15H20N2O2/c16-10-9-14(18)13-7-4-8-15(17-13)19-11-12-5-2-1-3-6-12/h4,7-8,12,14,18H,1-3,5-6,9,11H2/t14-/m1/s1. The van der Waals surface area contributed by atoms with Crippen molar-refractivity contribution in [2.45, 2.75) is 44.6 Å². The first-order chi connectivity index (χ1) is 9.29. The van der Waals surface area contributed by atoms with Gasteiger partial charge in [0.15, 0.2) is 0 Å². The van der Waals surface area contributed by atoms with Crippen LogP contribution in [0.1, 0.15) is 50.3 Å². The van der Waals surface area contributed by atoms with Gasteiger partial charge in [-0.2, -0.15) is 5.26 Å². The molecular formula is C15H20N2O2. The number of ether oxygens (including phenoxy) is 1. The van der Waals surface area contributed by atoms with Gasteiger partial charge in [-0.05, 0) is 24.8 Å². The van der Waals surface area contributed by atoms with E-state index in [1.54, 1.807) is 18.2 Å². The van der Waals surface area contributed by atoms with E-state index in [2.05, 4.69) is 4.98 Å². The van der Waals surface area contributed by atoms with E-state index in [-0.39, 0.29) is 6.42 Å². The predicted molar refractivity (Wildman–Crippen MR) is 71.5 cm³/mol. The molecule has 1 atom stereocenters. The van der Waals surface area contributed by atoms with Gasteiger partial charge in [0.05, 0.1) is 24.8 Å². The van der Waals surface area contributed by atoms with Crippen molar-refractivity contribution in [1.82, 2.24) is 4.98 Å². The van der Waals surface area contributed by atoms with Crippen LogP contribution < -0.4 is 4.74 Å². The Morgan fingerprint density at radius 2 is 2.16 bits per heavy atom. The molecule has 1 aromatic rings. The van der Waals surface area contributed by atoms with Gasteiger partial charge in [-0.3, -0.25) is 0 Å². The summed E-state index contributed by atoms with van der Waals surface area (Å²) in [5, 5.41) is 18.3. The van der Waals surface area contributed by atoms with Gasteiger partial charge in [-0.1, -0.05) is 25.3 Å². The van der Waals surface area contributed by atoms with E-state index in [9.17, 15) is 5.11 Å². The number of aliphatic hydroxyl groups excluding tert-OH is 1. The summed E-state index contributed by atoms with van der Waals surface area (Å²) in [6.07, 6.45) is 5.62. The lowest BCUT2D eigenvalue weighted by Gasteiger charge is -2.21. The minimum absolute atomic E-state index is 0.0546. The van der Waals surface area contributed by atoms with Crippen molar-refractivity contribution < 1.29 is 9.84 Å². The lowest BCUT2D eigenvalue weighted by atomic mass is 9.90. The number of rotatable bonds is 5. The van der Waals surface area contributed by atoms with Gasteiger partial charge < -0.3 is 9.84 Å². The summed E-state index contributed by atoms with van der Waals surface area (Å²) in [7, 11) is 0. The molecule has 102 valence electrons. The SMILES string of the molecule is N#CC[C@@H](O)c1cccc(OCC2CCCCC2)n1. The van der Waals surface area contributed by atoms with Crippen LogP contribution in [-0.2, 0) is 0 Å². The second kappa shape index (κ2) is 7.10. The molecule has 4 heteroatoms. The first-order valence-corrected chi connectivity index (χ1v) is 6.94. The number of hydrogen-bond donors (Lipinski definition) is 1. The molecular weight excluding hydrogens is 240 g/mol. The van der Waals surface area contributed by atoms with Gasteiger partial charge in [0, 0.05) is 6.07 Å². The lowest BCUT2D eigenvalue weighted by Crippen LogP contribution is -2.16. The Kier molecular flexibility index (Phi) is 5.17. The Morgan fingerprint density at radius 1 is 1.37 bits per heavy atom. The van der Waals surface area contributed by atoms with Gasteiger partial charge in [0.2, 0.25) is 5.88 Å². The molecule has 2 rings (SSSR count). The summed E-state index contributed by atoms with van der Waals surface area (Å²) >= 11 is 0. The second-order valence-corrected chi connectivity index (χ2v) is 5.09. The zero-order valence-electron chi connectivity index (χ0n) is 11.1. The number of pyridine rings is 1. The molecule has 1 fully saturated rings. The Hall–Kier alpha value is -1.60. The molecule has 1 aliphatic carbocycles. The normalized spacial score (nSPS) is 17.7. The smallest absolute Gasteiger partial charge is 0.213 e. The highest BCUT2D eigenvalue weighted by Gasteiger charge is 2.15. The fourth-order valence-corrected chi connectivity index (χ4v) is 2.44. The van der Waals surface area contributed by atoms with E-state index in [1.165, 1.54) is 32.1 Å². The molecule has 1 heterocycles. The highest BCUT2D eigenvalue weighted by atomic mass is 16.5. The lowest BCUT2D eigenvalue weighted by molar-refractivity contribution is 0.173. The molecule has 0 aliphatic heterocycles. The average molecular weight is 260 g/mol. The minimum Gasteiger partial charge on any atom is -0.477 e. The van der Waals surface area contributed by atoms with Crippen LogP contribution in [-0.4, -0.2) is 16.7 Å². The van der Waals surface area contributed by atoms with Crippen molar-refractivity contribution in [3.05, 3.63) is 23.9 Å². The van der Waals surface area contributed by atoms with E-state index in [0.29, 0.717) is 24.1 Å². The van der Waals surface area contributed by atoms with E-state index in [0.717, 1.165) is 0 Å². The van der Waals surface area contributed by atoms with Crippen LogP contribution >= 0.6 is 0 Å². The first-order valence-electron chi connectivity index (χ1n) is 6.94. The number of aromatic nitrogens is 1. The molecule has 1 saturated carbocycles. The van der Waals surface area contributed by atoms with Gasteiger partial charge in [0.25, 0.3) is 0 Å². The van der Waals surface area contributed by atoms with E-state index in [1.807, 2.05) is 6.07 Å². The zero-order valence-corrected chi connectivity index (χ0v) is 11.1. The maximum Gasteiger partial charge on any atom is 0.213 e. The Labute approximate surface area is 114 Å². The molecule has 19 heavy (non-hydrogen) atoms. The number of nitriles is 1. The van der Waals surface area contributed by atoms with Crippen LogP contribution in [0, 0.1) is 17.2 Å². The summed E-state index contributed by atoms with van der Waals surface area (Å²) in [6, 6.07) is 7.26. The second-order valence-electron chi connectivity index (χ2n) is 5.09. The summed E-state index contributed by atoms with van der Waals surface area (Å²) < 4.78 is 5.71. The minimum atomic E-state index is -0.830. The summed E-state index contributed by atoms with van der Waals surface area (Å²) in [6.45, 7) is 0.699. The highest BCUT2D eigenvalue weighted by molar-refractivity contribution is 5.18. The van der Waals surface area contributed by atoms with Crippen molar-refractivity contribution >= 4 is 0 Å². The molecule has 1 aliphatic rings. The van der Waals surface area contributed by atoms with Crippen molar-refractivity contribution in [3.63, 3.8) is 0 Å². The fraction of sp³-hybridized carbons (Fsp3) is 0.600. The van der Waals surface area contributed by atoms with E-state index >= 15 is 0 Å². The van der Waals surface area contributed by atoms with Crippen molar-refractivity contribution in [2.75, 3.05) is 6.61 Å². The van der Waals surface area contributed by atoms with Gasteiger partial charge in [0.1, 0.15) is 6.10 Å². The number of nitrogens with zero attached hydrogens (tertiary/aromatic N) is 2. The average Bonchev–Trinajstić information content (AvgIpc) is 2.47. The summed E-state index contributed by atoms with van der Waals surface area (Å²) in [4.78, 5) is 4.25. The third kappa shape index (κ3) is 4.22. The van der Waals surface area contributed by atoms with Crippen molar-refractivity contribution in [1.29, 1.82) is 5.26 Å². The molecule has 0 unspecified atom stereocenters. The third-order valence-corrected chi connectivity index (χ3v) is 3.56. The predicted octanol–water partition coefficient (Wildman–Crippen LogP) is 2.99. The zero-order chi connectivity index (χ0) is 13.5. The largest absolute Gasteiger partial charge is 0.477 e. The highest BCUT2D eigenvalue weighted by Crippen LogP contribution is 2.24. The molecule has 0 spiro atoms. The molecule has 0 aromatic carbocycles. The van der Waals surface area contributed by atoms with Crippen LogP contribution in [0.25, 0.3) is 0 Å². The van der Waals surface area contributed by atoms with Crippen LogP contribution in [0.15, 0.2) is 18.2 Å². The monoisotopic (exact) mass is 260 g/mol. The molecule has 0 amide bonds. The Morgan fingerprint density at radius 3 is 2.89 bits per heavy atom. The number of hydrogen-bond acceptors (Lipinski definition) is 4. The van der Waals surface area contributed by atoms with Gasteiger partial charge >= 0.3 is 0 Å². The molecule has 1 aromatic heterocycles. The molecule has 0 bridgehead atoms. The number of aliphatic hydroxyl groups is 1. The van der Waals surface area contributed by atoms with Crippen LogP contribution in [0.3, 0.4) is 0 Å². The Balaban J connectivity index is 1.89. The van der Waals surface area contributed by atoms with Crippen LogP contribution in [0.2, 0.25) is 0 Å². The maximum atomic E-state index is 9.72. The van der Waals surface area contributed by atoms with Crippen molar-refractivity contribution in [3.8, 4) is 11.9 Å². The maximum absolute atomic E-state index is 9.72. The van der Waals surface area contributed by atoms with Gasteiger partial charge in [-0.15, -0.1) is 0 Å². The van der Waals surface area contributed by atoms with Crippen LogP contribution in [0.4, 0.5) is 0 Å². The van der Waals surface area contributed by atoms with Crippen molar-refractivity contribution in [2.24, 2.45) is 5.92 Å². The van der Waals surface area contributed by atoms with Gasteiger partial charge in [-0.25, -0.2) is 4.98 Å². The topological polar surface area (TPSA) is 66.1 Å². The van der Waals surface area contributed by atoms with Crippen LogP contribution in [0.5, 0.6) is 5.88 Å². The Bertz CT molecular complexity index is 436. The van der Waals surface area contributed by atoms with E-state index in [4.69, 9.17) is 10.00 Å². The third-order valence-electron chi connectivity index (χ3n) is 3.56. The summed E-state index contributed by atoms with van der Waals surface area (Å²) in [5.74, 6) is 1.17. The first kappa shape index (κ1) is 13.8. The molecule has 1 N–H and O–H groups in total. The molecule has 4 nitrogen and oxygen atoms in total. The summed E-state index contributed by atoms with van der Waals surface area (Å²) in [5.41, 5.74) is 0.502. The van der Waals surface area contributed by atoms with E-state index < -0.39 is 6.10 Å².